The lowest BCUT2D eigenvalue weighted by Gasteiger charge is -2.11. The first-order chi connectivity index (χ1) is 9.86. The van der Waals surface area contributed by atoms with Gasteiger partial charge in [-0.1, -0.05) is 13.8 Å². The lowest BCUT2D eigenvalue weighted by molar-refractivity contribution is 0.577. The highest BCUT2D eigenvalue weighted by molar-refractivity contribution is 7.89. The van der Waals surface area contributed by atoms with E-state index in [2.05, 4.69) is 15.0 Å². The van der Waals surface area contributed by atoms with Crippen molar-refractivity contribution in [2.24, 2.45) is 0 Å². The minimum atomic E-state index is -3.56. The summed E-state index contributed by atoms with van der Waals surface area (Å²) in [4.78, 5) is 4.26. The monoisotopic (exact) mass is 333 g/mol. The molecule has 120 valence electrons. The van der Waals surface area contributed by atoms with Crippen LogP contribution in [-0.4, -0.2) is 42.2 Å². The normalized spacial score (nSPS) is 14.6. The zero-order chi connectivity index (χ0) is 15.9. The summed E-state index contributed by atoms with van der Waals surface area (Å²) in [6.45, 7) is 4.87. The number of anilines is 1. The molecule has 1 aromatic heterocycles. The summed E-state index contributed by atoms with van der Waals surface area (Å²) in [6.07, 6.45) is 4.56. The lowest BCUT2D eigenvalue weighted by atomic mass is 10.3. The van der Waals surface area contributed by atoms with Gasteiger partial charge in [-0.25, -0.2) is 18.1 Å². The Bertz CT molecular complexity index is 576. The molecule has 1 rings (SSSR count). The van der Waals surface area contributed by atoms with Gasteiger partial charge in [0.25, 0.3) is 0 Å². The number of nitrogens with one attached hydrogen (secondary N) is 2. The van der Waals surface area contributed by atoms with Crippen molar-refractivity contribution in [2.45, 2.75) is 36.8 Å². The third-order valence-electron chi connectivity index (χ3n) is 3.01. The Morgan fingerprint density at radius 1 is 1.38 bits per heavy atom. The molecule has 0 amide bonds. The number of rotatable bonds is 9. The molecule has 0 radical (unpaired) electrons. The number of aromatic nitrogens is 1. The largest absolute Gasteiger partial charge is 0.370 e. The van der Waals surface area contributed by atoms with Gasteiger partial charge in [-0.3, -0.25) is 4.21 Å². The first kappa shape index (κ1) is 18.1. The fraction of sp³-hybridized carbons (Fsp3) is 0.615. The van der Waals surface area contributed by atoms with Crippen molar-refractivity contribution in [1.29, 1.82) is 0 Å². The van der Waals surface area contributed by atoms with Gasteiger partial charge in [-0.15, -0.1) is 0 Å². The van der Waals surface area contributed by atoms with Gasteiger partial charge in [-0.2, -0.15) is 0 Å². The molecule has 1 heterocycles. The standard InChI is InChI=1S/C13H23N3O3S2/c1-4-7-14-13-10-12(6-8-15-13)21(18,19)16-9-5-11(2)20(3)17/h6,8,10-11,16H,4-5,7,9H2,1-3H3,(H,14,15). The number of nitrogens with zero attached hydrogens (tertiary/aromatic N) is 1. The molecule has 0 saturated carbocycles. The van der Waals surface area contributed by atoms with Crippen molar-refractivity contribution in [3.05, 3.63) is 18.3 Å². The molecule has 21 heavy (non-hydrogen) atoms. The molecule has 0 aliphatic heterocycles. The van der Waals surface area contributed by atoms with Crippen LogP contribution < -0.4 is 10.0 Å². The number of pyridine rings is 1. The van der Waals surface area contributed by atoms with Crippen LogP contribution in [0.1, 0.15) is 26.7 Å². The van der Waals surface area contributed by atoms with E-state index in [1.807, 2.05) is 13.8 Å². The molecular formula is C13H23N3O3S2. The van der Waals surface area contributed by atoms with Gasteiger partial charge in [0.05, 0.1) is 4.90 Å². The number of hydrogen-bond acceptors (Lipinski definition) is 5. The third-order valence-corrected chi connectivity index (χ3v) is 5.84. The van der Waals surface area contributed by atoms with Crippen LogP contribution in [0.3, 0.4) is 0 Å². The van der Waals surface area contributed by atoms with Gasteiger partial charge in [0.2, 0.25) is 10.0 Å². The van der Waals surface area contributed by atoms with Crippen LogP contribution in [0, 0.1) is 0 Å². The summed E-state index contributed by atoms with van der Waals surface area (Å²) < 4.78 is 38.1. The van der Waals surface area contributed by atoms with E-state index in [4.69, 9.17) is 0 Å². The Morgan fingerprint density at radius 2 is 2.10 bits per heavy atom. The van der Waals surface area contributed by atoms with Crippen LogP contribution in [0.5, 0.6) is 0 Å². The van der Waals surface area contributed by atoms with Crippen molar-refractivity contribution in [2.75, 3.05) is 24.7 Å². The SMILES string of the molecule is CCCNc1cc(S(=O)(=O)NCCC(C)S(C)=O)ccn1. The Hall–Kier alpha value is -0.990. The number of sulfonamides is 1. The summed E-state index contributed by atoms with van der Waals surface area (Å²) in [5, 5.41) is 3.02. The van der Waals surface area contributed by atoms with Crippen molar-refractivity contribution in [3.63, 3.8) is 0 Å². The Morgan fingerprint density at radius 3 is 2.71 bits per heavy atom. The average Bonchev–Trinajstić information content (AvgIpc) is 2.45. The molecule has 0 saturated heterocycles. The van der Waals surface area contributed by atoms with E-state index >= 15 is 0 Å². The van der Waals surface area contributed by atoms with Crippen molar-refractivity contribution < 1.29 is 12.6 Å². The quantitative estimate of drug-likeness (QED) is 0.712. The minimum Gasteiger partial charge on any atom is -0.370 e. The van der Waals surface area contributed by atoms with Gasteiger partial charge in [-0.05, 0) is 18.9 Å². The molecule has 0 aromatic carbocycles. The summed E-state index contributed by atoms with van der Waals surface area (Å²) in [7, 11) is -4.50. The topological polar surface area (TPSA) is 88.2 Å². The predicted octanol–water partition coefficient (Wildman–Crippen LogP) is 1.34. The van der Waals surface area contributed by atoms with Crippen LogP contribution in [0.15, 0.2) is 23.2 Å². The lowest BCUT2D eigenvalue weighted by Crippen LogP contribution is -2.27. The van der Waals surface area contributed by atoms with Crippen LogP contribution in [0.25, 0.3) is 0 Å². The molecule has 0 aliphatic carbocycles. The van der Waals surface area contributed by atoms with Gasteiger partial charge < -0.3 is 5.32 Å². The zero-order valence-corrected chi connectivity index (χ0v) is 14.3. The molecule has 6 nitrogen and oxygen atoms in total. The van der Waals surface area contributed by atoms with E-state index in [0.717, 1.165) is 13.0 Å². The first-order valence-electron chi connectivity index (χ1n) is 6.88. The highest BCUT2D eigenvalue weighted by Crippen LogP contribution is 2.12. The van der Waals surface area contributed by atoms with Crippen LogP contribution in [-0.2, 0) is 20.8 Å². The molecule has 2 unspecified atom stereocenters. The van der Waals surface area contributed by atoms with E-state index in [-0.39, 0.29) is 16.7 Å². The molecule has 8 heteroatoms. The van der Waals surface area contributed by atoms with E-state index in [9.17, 15) is 12.6 Å². The second kappa shape index (κ2) is 8.45. The van der Waals surface area contributed by atoms with E-state index < -0.39 is 20.8 Å². The highest BCUT2D eigenvalue weighted by atomic mass is 32.2. The summed E-state index contributed by atoms with van der Waals surface area (Å²) in [5.41, 5.74) is 0. The highest BCUT2D eigenvalue weighted by Gasteiger charge is 2.15. The average molecular weight is 333 g/mol. The van der Waals surface area contributed by atoms with E-state index in [0.29, 0.717) is 12.2 Å². The Kier molecular flexibility index (Phi) is 7.27. The molecule has 1 aromatic rings. The second-order valence-corrected chi connectivity index (χ2v) is 8.37. The summed E-state index contributed by atoms with van der Waals surface area (Å²) in [5.74, 6) is 0.544. The molecule has 0 bridgehead atoms. The maximum absolute atomic E-state index is 12.2. The fourth-order valence-corrected chi connectivity index (χ4v) is 3.08. The predicted molar refractivity (Wildman–Crippen MR) is 86.4 cm³/mol. The van der Waals surface area contributed by atoms with E-state index in [1.54, 1.807) is 6.26 Å². The van der Waals surface area contributed by atoms with Crippen LogP contribution in [0.2, 0.25) is 0 Å². The summed E-state index contributed by atoms with van der Waals surface area (Å²) in [6, 6.07) is 2.97. The van der Waals surface area contributed by atoms with Gasteiger partial charge in [0, 0.05) is 47.7 Å². The maximum atomic E-state index is 12.2. The fourth-order valence-electron chi connectivity index (χ4n) is 1.57. The Labute approximate surface area is 129 Å². The third kappa shape index (κ3) is 6.11. The minimum absolute atomic E-state index is 0.0353. The molecule has 0 spiro atoms. The van der Waals surface area contributed by atoms with Crippen molar-refractivity contribution >= 4 is 26.6 Å². The smallest absolute Gasteiger partial charge is 0.240 e. The maximum Gasteiger partial charge on any atom is 0.240 e. The van der Waals surface area contributed by atoms with Gasteiger partial charge >= 0.3 is 0 Å². The number of hydrogen-bond donors (Lipinski definition) is 2. The van der Waals surface area contributed by atoms with Crippen molar-refractivity contribution in [1.82, 2.24) is 9.71 Å². The molecule has 2 atom stereocenters. The van der Waals surface area contributed by atoms with Gasteiger partial charge in [0.1, 0.15) is 5.82 Å². The zero-order valence-electron chi connectivity index (χ0n) is 12.6. The van der Waals surface area contributed by atoms with Crippen LogP contribution >= 0.6 is 0 Å². The van der Waals surface area contributed by atoms with Gasteiger partial charge in [0.15, 0.2) is 0 Å². The summed E-state index contributed by atoms with van der Waals surface area (Å²) >= 11 is 0. The van der Waals surface area contributed by atoms with Crippen LogP contribution in [0.4, 0.5) is 5.82 Å². The Balaban J connectivity index is 2.67. The molecule has 2 N–H and O–H groups in total. The second-order valence-electron chi connectivity index (χ2n) is 4.80. The van der Waals surface area contributed by atoms with E-state index in [1.165, 1.54) is 18.3 Å². The molecular weight excluding hydrogens is 310 g/mol. The first-order valence-corrected chi connectivity index (χ1v) is 9.99. The molecule has 0 fully saturated rings. The molecule has 0 aliphatic rings. The van der Waals surface area contributed by atoms with Crippen molar-refractivity contribution in [3.8, 4) is 0 Å².